The fraction of sp³-hybridized carbons (Fsp3) is 0.588. The highest BCUT2D eigenvalue weighted by Gasteiger charge is 2.24. The molecule has 2 unspecified atom stereocenters. The Labute approximate surface area is 136 Å². The molecule has 1 saturated carbocycles. The van der Waals surface area contributed by atoms with Crippen molar-refractivity contribution in [1.82, 2.24) is 10.6 Å². The average molecular weight is 325 g/mol. The van der Waals surface area contributed by atoms with Crippen molar-refractivity contribution < 1.29 is 13.9 Å². The van der Waals surface area contributed by atoms with Crippen LogP contribution in [0.25, 0.3) is 0 Å². The Morgan fingerprint density at radius 1 is 1.30 bits per heavy atom. The van der Waals surface area contributed by atoms with Gasteiger partial charge in [0.25, 0.3) is 0 Å². The summed E-state index contributed by atoms with van der Waals surface area (Å²) in [6.07, 6.45) is 3.01. The summed E-state index contributed by atoms with van der Waals surface area (Å²) in [5.41, 5.74) is 0.347. The molecule has 0 saturated heterocycles. The van der Waals surface area contributed by atoms with Crippen LogP contribution in [0.15, 0.2) is 23.2 Å². The van der Waals surface area contributed by atoms with Crippen LogP contribution < -0.4 is 10.6 Å². The van der Waals surface area contributed by atoms with Crippen molar-refractivity contribution >= 4 is 5.96 Å². The molecule has 0 aromatic heterocycles. The largest absolute Gasteiger partial charge is 0.393 e. The van der Waals surface area contributed by atoms with E-state index in [0.29, 0.717) is 37.6 Å². The van der Waals surface area contributed by atoms with Gasteiger partial charge in [-0.3, -0.25) is 4.99 Å². The molecule has 2 rings (SSSR count). The van der Waals surface area contributed by atoms with E-state index in [4.69, 9.17) is 0 Å². The van der Waals surface area contributed by atoms with Crippen LogP contribution in [0.1, 0.15) is 31.7 Å². The first kappa shape index (κ1) is 17.7. The van der Waals surface area contributed by atoms with Crippen molar-refractivity contribution in [2.45, 2.75) is 38.7 Å². The Morgan fingerprint density at radius 2 is 2.13 bits per heavy atom. The van der Waals surface area contributed by atoms with E-state index in [0.717, 1.165) is 31.4 Å². The number of benzene rings is 1. The highest BCUT2D eigenvalue weighted by Crippen LogP contribution is 2.25. The molecule has 128 valence electrons. The number of hydrogen-bond donors (Lipinski definition) is 3. The van der Waals surface area contributed by atoms with E-state index < -0.39 is 11.6 Å². The van der Waals surface area contributed by atoms with E-state index >= 15 is 0 Å². The normalized spacial score (nSPS) is 21.5. The highest BCUT2D eigenvalue weighted by molar-refractivity contribution is 5.79. The molecule has 1 aromatic carbocycles. The molecule has 3 N–H and O–H groups in total. The van der Waals surface area contributed by atoms with E-state index in [1.54, 1.807) is 0 Å². The van der Waals surface area contributed by atoms with Gasteiger partial charge in [0.2, 0.25) is 0 Å². The van der Waals surface area contributed by atoms with Crippen molar-refractivity contribution in [1.29, 1.82) is 0 Å². The van der Waals surface area contributed by atoms with Gasteiger partial charge < -0.3 is 15.7 Å². The van der Waals surface area contributed by atoms with Gasteiger partial charge in [-0.1, -0.05) is 6.42 Å². The molecule has 0 aliphatic heterocycles. The summed E-state index contributed by atoms with van der Waals surface area (Å²) in [6.45, 7) is 3.71. The smallest absolute Gasteiger partial charge is 0.191 e. The zero-order valence-corrected chi connectivity index (χ0v) is 13.5. The molecule has 2 atom stereocenters. The number of guanidine groups is 1. The summed E-state index contributed by atoms with van der Waals surface area (Å²) < 4.78 is 26.7. The van der Waals surface area contributed by atoms with E-state index in [1.165, 1.54) is 6.07 Å². The Morgan fingerprint density at radius 3 is 2.83 bits per heavy atom. The number of aliphatic imine (C=N–C) groups is 1. The summed E-state index contributed by atoms with van der Waals surface area (Å²) in [5, 5.41) is 16.1. The molecule has 0 amide bonds. The summed E-state index contributed by atoms with van der Waals surface area (Å²) in [6, 6.07) is 3.48. The molecular formula is C17H25F2N3O. The lowest BCUT2D eigenvalue weighted by atomic mass is 10.1. The lowest BCUT2D eigenvalue weighted by molar-refractivity contribution is 0.136. The molecule has 0 spiro atoms. The second-order valence-corrected chi connectivity index (χ2v) is 5.89. The Bertz CT molecular complexity index is 537. The standard InChI is InChI=1S/C17H25F2N3O/c1-2-20-17(22-11-13-4-3-5-16(13)23)21-9-8-12-10-14(18)6-7-15(12)19/h6-7,10,13,16,23H,2-5,8-9,11H2,1H3,(H2,20,21,22). The number of nitrogens with one attached hydrogen (secondary N) is 2. The van der Waals surface area contributed by atoms with E-state index in [-0.39, 0.29) is 12.0 Å². The second-order valence-electron chi connectivity index (χ2n) is 5.89. The van der Waals surface area contributed by atoms with Crippen LogP contribution in [0.5, 0.6) is 0 Å². The van der Waals surface area contributed by atoms with Gasteiger partial charge in [-0.25, -0.2) is 8.78 Å². The van der Waals surface area contributed by atoms with E-state index in [9.17, 15) is 13.9 Å². The van der Waals surface area contributed by atoms with Crippen LogP contribution in [0.4, 0.5) is 8.78 Å². The van der Waals surface area contributed by atoms with Gasteiger partial charge in [0.05, 0.1) is 6.10 Å². The zero-order valence-electron chi connectivity index (χ0n) is 13.5. The topological polar surface area (TPSA) is 56.7 Å². The third-order valence-corrected chi connectivity index (χ3v) is 4.14. The minimum absolute atomic E-state index is 0.214. The highest BCUT2D eigenvalue weighted by atomic mass is 19.1. The molecule has 1 aromatic rings. The molecule has 0 bridgehead atoms. The number of hydrogen-bond acceptors (Lipinski definition) is 2. The van der Waals surface area contributed by atoms with Crippen molar-refractivity contribution in [2.24, 2.45) is 10.9 Å². The predicted molar refractivity (Wildman–Crippen MR) is 87.4 cm³/mol. The van der Waals surface area contributed by atoms with Crippen LogP contribution in [0, 0.1) is 17.6 Å². The van der Waals surface area contributed by atoms with E-state index in [2.05, 4.69) is 15.6 Å². The van der Waals surface area contributed by atoms with Gasteiger partial charge in [0.15, 0.2) is 5.96 Å². The van der Waals surface area contributed by atoms with Crippen molar-refractivity contribution in [3.8, 4) is 0 Å². The fourth-order valence-electron chi connectivity index (χ4n) is 2.83. The Kier molecular flexibility index (Phi) is 6.77. The van der Waals surface area contributed by atoms with Gasteiger partial charge in [0, 0.05) is 25.6 Å². The monoisotopic (exact) mass is 325 g/mol. The van der Waals surface area contributed by atoms with E-state index in [1.807, 2.05) is 6.92 Å². The van der Waals surface area contributed by atoms with Gasteiger partial charge in [-0.05, 0) is 49.9 Å². The number of halogens is 2. The van der Waals surface area contributed by atoms with Gasteiger partial charge in [-0.15, -0.1) is 0 Å². The Balaban J connectivity index is 1.85. The molecule has 23 heavy (non-hydrogen) atoms. The molecule has 0 heterocycles. The lowest BCUT2D eigenvalue weighted by Gasteiger charge is -2.15. The zero-order chi connectivity index (χ0) is 16.7. The van der Waals surface area contributed by atoms with Crippen molar-refractivity contribution in [3.63, 3.8) is 0 Å². The number of rotatable bonds is 6. The maximum Gasteiger partial charge on any atom is 0.191 e. The molecule has 1 aliphatic carbocycles. The molecular weight excluding hydrogens is 300 g/mol. The quantitative estimate of drug-likeness (QED) is 0.555. The number of nitrogens with zero attached hydrogens (tertiary/aromatic N) is 1. The van der Waals surface area contributed by atoms with Crippen LogP contribution in [-0.4, -0.2) is 36.8 Å². The molecule has 6 heteroatoms. The van der Waals surface area contributed by atoms with Gasteiger partial charge >= 0.3 is 0 Å². The average Bonchev–Trinajstić information content (AvgIpc) is 2.93. The van der Waals surface area contributed by atoms with Gasteiger partial charge in [-0.2, -0.15) is 0 Å². The first-order valence-corrected chi connectivity index (χ1v) is 8.24. The number of aliphatic hydroxyl groups excluding tert-OH is 1. The summed E-state index contributed by atoms with van der Waals surface area (Å²) in [5.74, 6) is 0.0240. The maximum absolute atomic E-state index is 13.6. The SMILES string of the molecule is CCNC(=NCC1CCCC1O)NCCc1cc(F)ccc1F. The first-order valence-electron chi connectivity index (χ1n) is 8.24. The van der Waals surface area contributed by atoms with Crippen LogP contribution in [-0.2, 0) is 6.42 Å². The third-order valence-electron chi connectivity index (χ3n) is 4.14. The predicted octanol–water partition coefficient (Wildman–Crippen LogP) is 2.22. The van der Waals surface area contributed by atoms with Crippen LogP contribution >= 0.6 is 0 Å². The van der Waals surface area contributed by atoms with Crippen LogP contribution in [0.3, 0.4) is 0 Å². The first-order chi connectivity index (χ1) is 11.1. The third kappa shape index (κ3) is 5.46. The molecule has 1 aliphatic rings. The maximum atomic E-state index is 13.6. The number of aliphatic hydroxyl groups is 1. The summed E-state index contributed by atoms with van der Waals surface area (Å²) in [4.78, 5) is 4.48. The van der Waals surface area contributed by atoms with Crippen molar-refractivity contribution in [2.75, 3.05) is 19.6 Å². The Hall–Kier alpha value is -1.69. The minimum Gasteiger partial charge on any atom is -0.393 e. The minimum atomic E-state index is -0.433. The lowest BCUT2D eigenvalue weighted by Crippen LogP contribution is -2.39. The molecule has 1 fully saturated rings. The fourth-order valence-corrected chi connectivity index (χ4v) is 2.83. The van der Waals surface area contributed by atoms with Crippen molar-refractivity contribution in [3.05, 3.63) is 35.4 Å². The van der Waals surface area contributed by atoms with Crippen LogP contribution in [0.2, 0.25) is 0 Å². The molecule has 4 nitrogen and oxygen atoms in total. The molecule has 0 radical (unpaired) electrons. The summed E-state index contributed by atoms with van der Waals surface area (Å²) >= 11 is 0. The van der Waals surface area contributed by atoms with Gasteiger partial charge in [0.1, 0.15) is 11.6 Å². The second kappa shape index (κ2) is 8.82. The summed E-state index contributed by atoms with van der Waals surface area (Å²) in [7, 11) is 0.